The van der Waals surface area contributed by atoms with Crippen molar-refractivity contribution in [3.05, 3.63) is 59.5 Å². The Balaban J connectivity index is 1.85. The summed E-state index contributed by atoms with van der Waals surface area (Å²) in [5, 5.41) is 4.30. The molecule has 0 saturated carbocycles. The Morgan fingerprint density at radius 3 is 2.82 bits per heavy atom. The Hall–Kier alpha value is -2.89. The molecule has 0 amide bonds. The second-order valence-corrected chi connectivity index (χ2v) is 4.81. The average molecular weight is 297 g/mol. The summed E-state index contributed by atoms with van der Waals surface area (Å²) in [6, 6.07) is 12.9. The summed E-state index contributed by atoms with van der Waals surface area (Å²) in [6.07, 6.45) is 0. The molecule has 0 saturated heterocycles. The topological polar surface area (TPSA) is 65.7 Å². The van der Waals surface area contributed by atoms with E-state index in [9.17, 15) is 4.79 Å². The predicted molar refractivity (Wildman–Crippen MR) is 79.8 cm³/mol. The lowest BCUT2D eigenvalue weighted by Crippen LogP contribution is -2.09. The third-order valence-electron chi connectivity index (χ3n) is 3.16. The fraction of sp³-hybridized carbons (Fsp3) is 0.188. The first-order chi connectivity index (χ1) is 10.7. The zero-order chi connectivity index (χ0) is 15.5. The summed E-state index contributed by atoms with van der Waals surface area (Å²) in [6.45, 7) is 2.23. The molecular weight excluding hydrogens is 282 g/mol. The van der Waals surface area contributed by atoms with Gasteiger partial charge in [0.15, 0.2) is 17.2 Å². The largest absolute Gasteiger partial charge is 0.486 e. The number of carbonyl (C=O) groups excluding carboxylic acids is 1. The van der Waals surface area contributed by atoms with Crippen LogP contribution in [0.2, 0.25) is 0 Å². The Labute approximate surface area is 127 Å². The quantitative estimate of drug-likeness (QED) is 0.692. The van der Waals surface area contributed by atoms with Crippen molar-refractivity contribution in [1.82, 2.24) is 14.6 Å². The van der Waals surface area contributed by atoms with E-state index in [1.165, 1.54) is 11.6 Å². The maximum absolute atomic E-state index is 11.7. The zero-order valence-corrected chi connectivity index (χ0v) is 12.3. The van der Waals surface area contributed by atoms with Crippen LogP contribution in [-0.2, 0) is 11.3 Å². The van der Waals surface area contributed by atoms with Crippen LogP contribution < -0.4 is 4.74 Å². The van der Waals surface area contributed by atoms with Gasteiger partial charge in [0.05, 0.1) is 7.11 Å². The Morgan fingerprint density at radius 1 is 1.23 bits per heavy atom. The molecule has 0 spiro atoms. The minimum Gasteiger partial charge on any atom is -0.486 e. The van der Waals surface area contributed by atoms with Crippen molar-refractivity contribution in [2.24, 2.45) is 0 Å². The molecule has 1 aromatic carbocycles. The first-order valence-electron chi connectivity index (χ1n) is 6.80. The molecule has 0 aliphatic carbocycles. The number of esters is 1. The van der Waals surface area contributed by atoms with Crippen LogP contribution in [0, 0.1) is 6.92 Å². The van der Waals surface area contributed by atoms with Gasteiger partial charge in [-0.3, -0.25) is 0 Å². The number of aryl methyl sites for hydroxylation is 1. The lowest BCUT2D eigenvalue weighted by Gasteiger charge is -2.03. The average Bonchev–Trinajstić information content (AvgIpc) is 2.95. The van der Waals surface area contributed by atoms with Crippen LogP contribution in [0.5, 0.6) is 5.75 Å². The molecule has 0 bridgehead atoms. The highest BCUT2D eigenvalue weighted by atomic mass is 16.5. The predicted octanol–water partition coefficient (Wildman–Crippen LogP) is 2.40. The van der Waals surface area contributed by atoms with Crippen LogP contribution in [0.15, 0.2) is 42.5 Å². The van der Waals surface area contributed by atoms with Crippen LogP contribution in [0.25, 0.3) is 5.65 Å². The lowest BCUT2D eigenvalue weighted by molar-refractivity contribution is 0.0590. The lowest BCUT2D eigenvalue weighted by atomic mass is 10.2. The fourth-order valence-corrected chi connectivity index (χ4v) is 2.12. The van der Waals surface area contributed by atoms with Gasteiger partial charge < -0.3 is 9.47 Å². The number of rotatable bonds is 4. The maximum atomic E-state index is 11.7. The number of hydrogen-bond acceptors (Lipinski definition) is 5. The first-order valence-corrected chi connectivity index (χ1v) is 6.80. The van der Waals surface area contributed by atoms with E-state index in [0.29, 0.717) is 17.2 Å². The molecule has 6 nitrogen and oxygen atoms in total. The number of aromatic nitrogens is 3. The normalized spacial score (nSPS) is 10.6. The molecule has 22 heavy (non-hydrogen) atoms. The molecule has 2 aromatic heterocycles. The van der Waals surface area contributed by atoms with Crippen molar-refractivity contribution < 1.29 is 14.3 Å². The summed E-state index contributed by atoms with van der Waals surface area (Å²) < 4.78 is 11.9. The van der Waals surface area contributed by atoms with Gasteiger partial charge in [-0.25, -0.2) is 14.3 Å². The molecule has 3 rings (SSSR count). The van der Waals surface area contributed by atoms with Crippen molar-refractivity contribution in [3.63, 3.8) is 0 Å². The summed E-state index contributed by atoms with van der Waals surface area (Å²) in [5.74, 6) is 0.798. The minimum absolute atomic E-state index is 0.228. The van der Waals surface area contributed by atoms with Crippen molar-refractivity contribution in [2.75, 3.05) is 7.11 Å². The van der Waals surface area contributed by atoms with Crippen molar-refractivity contribution in [3.8, 4) is 5.75 Å². The third-order valence-corrected chi connectivity index (χ3v) is 3.16. The highest BCUT2D eigenvalue weighted by molar-refractivity contribution is 5.88. The molecule has 0 N–H and O–H groups in total. The van der Waals surface area contributed by atoms with Gasteiger partial charge in [-0.15, -0.1) is 5.10 Å². The summed E-state index contributed by atoms with van der Waals surface area (Å²) in [7, 11) is 1.33. The number of methoxy groups -OCH3 is 1. The van der Waals surface area contributed by atoms with Crippen LogP contribution >= 0.6 is 0 Å². The van der Waals surface area contributed by atoms with Crippen molar-refractivity contribution in [1.29, 1.82) is 0 Å². The van der Waals surface area contributed by atoms with E-state index in [2.05, 4.69) is 10.1 Å². The van der Waals surface area contributed by atoms with Gasteiger partial charge >= 0.3 is 5.97 Å². The number of hydrogen-bond donors (Lipinski definition) is 0. The van der Waals surface area contributed by atoms with Crippen LogP contribution in [0.3, 0.4) is 0 Å². The molecule has 6 heteroatoms. The smallest absolute Gasteiger partial charge is 0.356 e. The molecule has 0 atom stereocenters. The van der Waals surface area contributed by atoms with Crippen LogP contribution in [0.4, 0.5) is 0 Å². The molecule has 112 valence electrons. The number of pyridine rings is 1. The van der Waals surface area contributed by atoms with Gasteiger partial charge in [-0.1, -0.05) is 18.2 Å². The van der Waals surface area contributed by atoms with E-state index in [-0.39, 0.29) is 6.61 Å². The summed E-state index contributed by atoms with van der Waals surface area (Å²) >= 11 is 0. The standard InChI is InChI=1S/C16H15N3O3/c1-11-5-3-6-12(9-11)22-10-14-17-15-8-4-7-13(16(20)21-2)19(15)18-14/h3-9H,10H2,1-2H3. The number of fused-ring (bicyclic) bond motifs is 1. The molecule has 0 fully saturated rings. The fourth-order valence-electron chi connectivity index (χ4n) is 2.12. The second-order valence-electron chi connectivity index (χ2n) is 4.81. The number of ether oxygens (including phenoxy) is 2. The van der Waals surface area contributed by atoms with E-state index in [1.807, 2.05) is 31.2 Å². The maximum Gasteiger partial charge on any atom is 0.356 e. The van der Waals surface area contributed by atoms with E-state index >= 15 is 0 Å². The van der Waals surface area contributed by atoms with Crippen LogP contribution in [0.1, 0.15) is 21.9 Å². The zero-order valence-electron chi connectivity index (χ0n) is 12.3. The van der Waals surface area contributed by atoms with Crippen LogP contribution in [-0.4, -0.2) is 27.7 Å². The Bertz CT molecular complexity index is 826. The molecule has 0 aliphatic rings. The Morgan fingerprint density at radius 2 is 2.05 bits per heavy atom. The highest BCUT2D eigenvalue weighted by Crippen LogP contribution is 2.14. The van der Waals surface area contributed by atoms with Crippen molar-refractivity contribution in [2.45, 2.75) is 13.5 Å². The molecular formula is C16H15N3O3. The van der Waals surface area contributed by atoms with Gasteiger partial charge in [0.1, 0.15) is 12.4 Å². The van der Waals surface area contributed by atoms with Gasteiger partial charge in [0.25, 0.3) is 0 Å². The van der Waals surface area contributed by atoms with Crippen molar-refractivity contribution >= 4 is 11.6 Å². The molecule has 3 aromatic rings. The minimum atomic E-state index is -0.457. The first kappa shape index (κ1) is 14.1. The van der Waals surface area contributed by atoms with Gasteiger partial charge in [0, 0.05) is 0 Å². The summed E-state index contributed by atoms with van der Waals surface area (Å²) in [4.78, 5) is 16.1. The number of carbonyl (C=O) groups is 1. The molecule has 0 aliphatic heterocycles. The van der Waals surface area contributed by atoms with Gasteiger partial charge in [-0.05, 0) is 36.8 Å². The third kappa shape index (κ3) is 2.76. The van der Waals surface area contributed by atoms with E-state index in [1.54, 1.807) is 18.2 Å². The monoisotopic (exact) mass is 297 g/mol. The SMILES string of the molecule is COC(=O)c1cccc2nc(COc3cccc(C)c3)nn12. The molecule has 0 radical (unpaired) electrons. The molecule has 0 unspecified atom stereocenters. The van der Waals surface area contributed by atoms with E-state index in [0.717, 1.165) is 11.3 Å². The molecule has 2 heterocycles. The Kier molecular flexibility index (Phi) is 3.74. The summed E-state index contributed by atoms with van der Waals surface area (Å²) in [5.41, 5.74) is 2.02. The number of nitrogens with zero attached hydrogens (tertiary/aromatic N) is 3. The van der Waals surface area contributed by atoms with Gasteiger partial charge in [-0.2, -0.15) is 0 Å². The highest BCUT2D eigenvalue weighted by Gasteiger charge is 2.13. The number of benzene rings is 1. The van der Waals surface area contributed by atoms with E-state index in [4.69, 9.17) is 9.47 Å². The van der Waals surface area contributed by atoms with E-state index < -0.39 is 5.97 Å². The second kappa shape index (κ2) is 5.85. The van der Waals surface area contributed by atoms with Gasteiger partial charge in [0.2, 0.25) is 0 Å².